The van der Waals surface area contributed by atoms with Crippen LogP contribution in [-0.2, 0) is 4.79 Å². The second-order valence-electron chi connectivity index (χ2n) is 8.54. The van der Waals surface area contributed by atoms with Gasteiger partial charge in [0.05, 0.1) is 12.0 Å². The summed E-state index contributed by atoms with van der Waals surface area (Å²) in [5.74, 6) is -0.197. The van der Waals surface area contributed by atoms with Crippen molar-refractivity contribution in [3.05, 3.63) is 125 Å². The van der Waals surface area contributed by atoms with Crippen LogP contribution in [0.2, 0.25) is 0 Å². The fourth-order valence-electron chi connectivity index (χ4n) is 4.99. The Morgan fingerprint density at radius 3 is 2.15 bits per heavy atom. The number of aromatic nitrogens is 1. The molecule has 0 aliphatic carbocycles. The number of oxazole rings is 1. The van der Waals surface area contributed by atoms with Gasteiger partial charge in [-0.15, -0.1) is 0 Å². The lowest BCUT2D eigenvalue weighted by Crippen LogP contribution is -2.34. The fraction of sp³-hybridized carbons (Fsp3) is 0.103. The molecule has 1 N–H and O–H groups in total. The number of fused-ring (bicyclic) bond motifs is 2. The largest absolute Gasteiger partial charge is 0.508 e. The number of aryl methyl sites for hydroxylation is 1. The van der Waals surface area contributed by atoms with Crippen LogP contribution in [0.5, 0.6) is 5.75 Å². The van der Waals surface area contributed by atoms with Crippen molar-refractivity contribution in [3.63, 3.8) is 0 Å². The Bertz CT molecular complexity index is 1470. The third kappa shape index (κ3) is 3.17. The molecule has 0 saturated heterocycles. The van der Waals surface area contributed by atoms with Crippen molar-refractivity contribution in [1.29, 1.82) is 0 Å². The van der Waals surface area contributed by atoms with Crippen molar-refractivity contribution in [1.82, 2.24) is 4.98 Å². The molecular weight excluding hydrogens is 424 g/mol. The lowest BCUT2D eigenvalue weighted by atomic mass is 9.91. The second kappa shape index (κ2) is 7.89. The van der Waals surface area contributed by atoms with Gasteiger partial charge >= 0.3 is 0 Å². The predicted octanol–water partition coefficient (Wildman–Crippen LogP) is 6.11. The molecule has 0 fully saturated rings. The number of rotatable bonds is 4. The zero-order chi connectivity index (χ0) is 23.2. The minimum atomic E-state index is -0.652. The summed E-state index contributed by atoms with van der Waals surface area (Å²) >= 11 is 0. The van der Waals surface area contributed by atoms with E-state index in [0.29, 0.717) is 22.6 Å². The number of phenols is 1. The Morgan fingerprint density at radius 1 is 0.853 bits per heavy atom. The highest BCUT2D eigenvalue weighted by Gasteiger charge is 2.43. The van der Waals surface area contributed by atoms with Crippen molar-refractivity contribution in [2.24, 2.45) is 0 Å². The Hall–Kier alpha value is -4.38. The summed E-state index contributed by atoms with van der Waals surface area (Å²) in [5, 5.41) is 10.9. The molecule has 34 heavy (non-hydrogen) atoms. The monoisotopic (exact) mass is 446 g/mol. The zero-order valence-corrected chi connectivity index (χ0v) is 18.6. The average molecular weight is 447 g/mol. The standard InChI is InChI=1S/C29H22N2O3/c1-18-30-23-17-25(32)22(16-26(23)34-18)27-21-14-8-9-15-24(21)31(29(27)33)28(19-10-4-2-5-11-19)20-12-6-3-7-13-20/h2-17,27-28,32H,1H3. The Morgan fingerprint density at radius 2 is 1.47 bits per heavy atom. The number of hydrogen-bond acceptors (Lipinski definition) is 4. The molecular formula is C29H22N2O3. The Labute approximate surface area is 196 Å². The number of hydrogen-bond donors (Lipinski definition) is 1. The van der Waals surface area contributed by atoms with Crippen LogP contribution in [0.3, 0.4) is 0 Å². The number of phenolic OH excluding ortho intramolecular Hbond substituents is 1. The maximum Gasteiger partial charge on any atom is 0.240 e. The highest BCUT2D eigenvalue weighted by Crippen LogP contribution is 2.48. The number of aromatic hydroxyl groups is 1. The topological polar surface area (TPSA) is 66.6 Å². The van der Waals surface area contributed by atoms with Gasteiger partial charge in [-0.25, -0.2) is 4.98 Å². The van der Waals surface area contributed by atoms with Crippen LogP contribution >= 0.6 is 0 Å². The van der Waals surface area contributed by atoms with Gasteiger partial charge in [-0.3, -0.25) is 9.69 Å². The van der Waals surface area contributed by atoms with E-state index in [-0.39, 0.29) is 17.7 Å². The van der Waals surface area contributed by atoms with Crippen LogP contribution in [-0.4, -0.2) is 16.0 Å². The van der Waals surface area contributed by atoms with Gasteiger partial charge in [0.25, 0.3) is 0 Å². The molecule has 1 unspecified atom stereocenters. The third-order valence-electron chi connectivity index (χ3n) is 6.44. The van der Waals surface area contributed by atoms with Gasteiger partial charge in [0.15, 0.2) is 11.5 Å². The summed E-state index contributed by atoms with van der Waals surface area (Å²) in [6.07, 6.45) is 0. The summed E-state index contributed by atoms with van der Waals surface area (Å²) in [7, 11) is 0. The summed E-state index contributed by atoms with van der Waals surface area (Å²) < 4.78 is 5.71. The first-order chi connectivity index (χ1) is 16.6. The minimum Gasteiger partial charge on any atom is -0.508 e. The Balaban J connectivity index is 1.55. The SMILES string of the molecule is Cc1nc2cc(O)c(C3C(=O)N(C(c4ccccc4)c4ccccc4)c4ccccc43)cc2o1. The van der Waals surface area contributed by atoms with Crippen LogP contribution in [0.1, 0.15) is 40.1 Å². The summed E-state index contributed by atoms with van der Waals surface area (Å²) in [5.41, 5.74) is 5.37. The lowest BCUT2D eigenvalue weighted by Gasteiger charge is -2.30. The van der Waals surface area contributed by atoms with Gasteiger partial charge in [-0.1, -0.05) is 78.9 Å². The van der Waals surface area contributed by atoms with Crippen molar-refractivity contribution in [2.75, 3.05) is 4.90 Å². The molecule has 1 amide bonds. The summed E-state index contributed by atoms with van der Waals surface area (Å²) in [6.45, 7) is 1.76. The molecule has 1 aliphatic heterocycles. The fourth-order valence-corrected chi connectivity index (χ4v) is 4.99. The van der Waals surface area contributed by atoms with E-state index in [1.807, 2.05) is 89.8 Å². The molecule has 0 saturated carbocycles. The molecule has 166 valence electrons. The quantitative estimate of drug-likeness (QED) is 0.362. The third-order valence-corrected chi connectivity index (χ3v) is 6.44. The lowest BCUT2D eigenvalue weighted by molar-refractivity contribution is -0.118. The molecule has 6 rings (SSSR count). The van der Waals surface area contributed by atoms with Crippen LogP contribution in [0, 0.1) is 6.92 Å². The van der Waals surface area contributed by atoms with E-state index >= 15 is 0 Å². The molecule has 1 aliphatic rings. The van der Waals surface area contributed by atoms with Crippen molar-refractivity contribution in [2.45, 2.75) is 18.9 Å². The van der Waals surface area contributed by atoms with Crippen LogP contribution < -0.4 is 4.90 Å². The maximum absolute atomic E-state index is 14.2. The van der Waals surface area contributed by atoms with E-state index in [2.05, 4.69) is 4.98 Å². The number of amides is 1. The zero-order valence-electron chi connectivity index (χ0n) is 18.6. The molecule has 4 aromatic carbocycles. The van der Waals surface area contributed by atoms with Gasteiger partial charge in [0, 0.05) is 24.2 Å². The van der Waals surface area contributed by atoms with E-state index in [1.54, 1.807) is 19.1 Å². The van der Waals surface area contributed by atoms with Gasteiger partial charge in [0.2, 0.25) is 5.91 Å². The maximum atomic E-state index is 14.2. The molecule has 1 aromatic heterocycles. The molecule has 1 atom stereocenters. The van der Waals surface area contributed by atoms with Crippen LogP contribution in [0.25, 0.3) is 11.1 Å². The number of anilines is 1. The van der Waals surface area contributed by atoms with Gasteiger partial charge in [-0.05, 0) is 28.8 Å². The first kappa shape index (κ1) is 20.2. The molecule has 5 nitrogen and oxygen atoms in total. The van der Waals surface area contributed by atoms with Gasteiger partial charge < -0.3 is 9.52 Å². The van der Waals surface area contributed by atoms with E-state index in [0.717, 1.165) is 22.4 Å². The number of carbonyl (C=O) groups excluding carboxylic acids is 1. The average Bonchev–Trinajstić information content (AvgIpc) is 3.36. The van der Waals surface area contributed by atoms with E-state index < -0.39 is 5.92 Å². The van der Waals surface area contributed by atoms with Crippen molar-refractivity contribution < 1.29 is 14.3 Å². The van der Waals surface area contributed by atoms with Crippen LogP contribution in [0.15, 0.2) is 101 Å². The molecule has 5 aromatic rings. The first-order valence-electron chi connectivity index (χ1n) is 11.2. The number of benzene rings is 4. The normalized spacial score (nSPS) is 15.3. The van der Waals surface area contributed by atoms with E-state index in [9.17, 15) is 9.90 Å². The number of carbonyl (C=O) groups is 1. The highest BCUT2D eigenvalue weighted by molar-refractivity contribution is 6.08. The van der Waals surface area contributed by atoms with Crippen molar-refractivity contribution >= 4 is 22.7 Å². The van der Waals surface area contributed by atoms with Crippen molar-refractivity contribution in [3.8, 4) is 5.75 Å². The second-order valence-corrected chi connectivity index (χ2v) is 8.54. The first-order valence-corrected chi connectivity index (χ1v) is 11.2. The smallest absolute Gasteiger partial charge is 0.240 e. The number of para-hydroxylation sites is 1. The summed E-state index contributed by atoms with van der Waals surface area (Å²) in [4.78, 5) is 20.4. The Kier molecular flexibility index (Phi) is 4.69. The molecule has 5 heteroatoms. The van der Waals surface area contributed by atoms with E-state index in [4.69, 9.17) is 4.42 Å². The number of nitrogens with zero attached hydrogens (tertiary/aromatic N) is 2. The van der Waals surface area contributed by atoms with Crippen LogP contribution in [0.4, 0.5) is 5.69 Å². The minimum absolute atomic E-state index is 0.0341. The molecule has 0 spiro atoms. The van der Waals surface area contributed by atoms with Gasteiger partial charge in [-0.2, -0.15) is 0 Å². The van der Waals surface area contributed by atoms with E-state index in [1.165, 1.54) is 0 Å². The van der Waals surface area contributed by atoms with Gasteiger partial charge in [0.1, 0.15) is 11.3 Å². The molecule has 0 radical (unpaired) electrons. The highest BCUT2D eigenvalue weighted by atomic mass is 16.3. The molecule has 0 bridgehead atoms. The molecule has 2 heterocycles. The summed E-state index contributed by atoms with van der Waals surface area (Å²) in [6, 6.07) is 30.9. The predicted molar refractivity (Wildman–Crippen MR) is 131 cm³/mol.